The summed E-state index contributed by atoms with van der Waals surface area (Å²) >= 11 is 0. The summed E-state index contributed by atoms with van der Waals surface area (Å²) in [4.78, 5) is 27.4. The molecule has 4 rings (SSSR count). The second-order valence-corrected chi connectivity index (χ2v) is 6.76. The van der Waals surface area contributed by atoms with Crippen LogP contribution in [0.1, 0.15) is 33.3 Å². The molecule has 0 radical (unpaired) electrons. The minimum absolute atomic E-state index is 0.0840. The number of nitrogens with two attached hydrogens (primary N) is 1. The third-order valence-corrected chi connectivity index (χ3v) is 4.91. The Morgan fingerprint density at radius 1 is 1.18 bits per heavy atom. The number of nitrogen functional groups attached to an aromatic ring is 1. The number of hydrogen-bond donors (Lipinski definition) is 1. The van der Waals surface area contributed by atoms with Crippen LogP contribution in [0.15, 0.2) is 54.7 Å². The van der Waals surface area contributed by atoms with E-state index in [4.69, 9.17) is 10.5 Å². The van der Waals surface area contributed by atoms with Gasteiger partial charge in [0, 0.05) is 16.8 Å². The number of carbonyl (C=O) groups excluding carboxylic acids is 2. The molecule has 1 amide bonds. The van der Waals surface area contributed by atoms with Crippen LogP contribution in [0.25, 0.3) is 0 Å². The molecule has 1 aromatic heterocycles. The van der Waals surface area contributed by atoms with Crippen molar-refractivity contribution in [2.24, 2.45) is 0 Å². The molecule has 0 spiro atoms. The number of rotatable bonds is 4. The summed E-state index contributed by atoms with van der Waals surface area (Å²) in [6.07, 6.45) is 1.50. The molecule has 1 atom stereocenters. The van der Waals surface area contributed by atoms with Gasteiger partial charge in [0.15, 0.2) is 5.78 Å². The molecule has 0 aliphatic carbocycles. The van der Waals surface area contributed by atoms with Crippen molar-refractivity contribution in [3.8, 4) is 5.75 Å². The molecule has 0 saturated carbocycles. The SMILES string of the molecule is COc1cccc(C(=O)c2ccc(N3C(=O)c4c(N)cnn4C[C@@H]3C)cc2)c1. The quantitative estimate of drug-likeness (QED) is 0.707. The van der Waals surface area contributed by atoms with Crippen LogP contribution in [0.2, 0.25) is 0 Å². The van der Waals surface area contributed by atoms with Crippen molar-refractivity contribution in [2.75, 3.05) is 17.7 Å². The number of nitrogens with zero attached hydrogens (tertiary/aromatic N) is 3. The molecule has 2 heterocycles. The lowest BCUT2D eigenvalue weighted by Crippen LogP contribution is -2.47. The van der Waals surface area contributed by atoms with Gasteiger partial charge in [0.05, 0.1) is 31.6 Å². The van der Waals surface area contributed by atoms with E-state index < -0.39 is 0 Å². The van der Waals surface area contributed by atoms with Crippen LogP contribution in [0.4, 0.5) is 11.4 Å². The molecule has 7 nitrogen and oxygen atoms in total. The number of anilines is 2. The van der Waals surface area contributed by atoms with Gasteiger partial charge in [0.25, 0.3) is 5.91 Å². The molecule has 0 fully saturated rings. The van der Waals surface area contributed by atoms with Gasteiger partial charge in [-0.05, 0) is 43.3 Å². The predicted molar refractivity (Wildman–Crippen MR) is 106 cm³/mol. The summed E-state index contributed by atoms with van der Waals surface area (Å²) < 4.78 is 6.82. The van der Waals surface area contributed by atoms with Crippen LogP contribution >= 0.6 is 0 Å². The molecule has 3 aromatic rings. The van der Waals surface area contributed by atoms with E-state index in [0.29, 0.717) is 40.5 Å². The first-order valence-electron chi connectivity index (χ1n) is 8.93. The van der Waals surface area contributed by atoms with Crippen molar-refractivity contribution in [3.05, 3.63) is 71.5 Å². The van der Waals surface area contributed by atoms with Gasteiger partial charge < -0.3 is 15.4 Å². The minimum Gasteiger partial charge on any atom is -0.497 e. The number of aromatic nitrogens is 2. The number of carbonyl (C=O) groups is 2. The number of fused-ring (bicyclic) bond motifs is 1. The highest BCUT2D eigenvalue weighted by Gasteiger charge is 2.33. The molecule has 1 aliphatic rings. The Labute approximate surface area is 162 Å². The van der Waals surface area contributed by atoms with Crippen molar-refractivity contribution < 1.29 is 14.3 Å². The number of ether oxygens (including phenoxy) is 1. The summed E-state index contributed by atoms with van der Waals surface area (Å²) in [5, 5.41) is 4.16. The molecule has 2 N–H and O–H groups in total. The van der Waals surface area contributed by atoms with Crippen LogP contribution < -0.4 is 15.4 Å². The van der Waals surface area contributed by atoms with Gasteiger partial charge in [-0.3, -0.25) is 14.3 Å². The van der Waals surface area contributed by atoms with E-state index in [-0.39, 0.29) is 17.7 Å². The van der Waals surface area contributed by atoms with Gasteiger partial charge >= 0.3 is 0 Å². The maximum Gasteiger partial charge on any atom is 0.279 e. The molecule has 0 unspecified atom stereocenters. The highest BCUT2D eigenvalue weighted by molar-refractivity contribution is 6.11. The highest BCUT2D eigenvalue weighted by atomic mass is 16.5. The topological polar surface area (TPSA) is 90.4 Å². The fourth-order valence-corrected chi connectivity index (χ4v) is 3.49. The second kappa shape index (κ2) is 6.84. The Morgan fingerprint density at radius 2 is 1.93 bits per heavy atom. The maximum atomic E-state index is 12.9. The first-order valence-corrected chi connectivity index (χ1v) is 8.93. The average molecular weight is 376 g/mol. The normalized spacial score (nSPS) is 16.0. The number of methoxy groups -OCH3 is 1. The van der Waals surface area contributed by atoms with Crippen molar-refractivity contribution in [1.29, 1.82) is 0 Å². The third kappa shape index (κ3) is 2.90. The number of amides is 1. The zero-order valence-corrected chi connectivity index (χ0v) is 15.6. The summed E-state index contributed by atoms with van der Waals surface area (Å²) in [5.41, 5.74) is 8.47. The number of ketones is 1. The van der Waals surface area contributed by atoms with Crippen molar-refractivity contribution >= 4 is 23.1 Å². The fraction of sp³-hybridized carbons (Fsp3) is 0.190. The molecule has 7 heteroatoms. The van der Waals surface area contributed by atoms with Gasteiger partial charge in [-0.2, -0.15) is 5.10 Å². The number of benzene rings is 2. The summed E-state index contributed by atoms with van der Waals surface area (Å²) in [6, 6.07) is 14.0. The lowest BCUT2D eigenvalue weighted by molar-refractivity contribution is 0.0947. The standard InChI is InChI=1S/C21H20N4O3/c1-13-12-24-19(18(22)11-23-24)21(27)25(13)16-8-6-14(7-9-16)20(26)15-4-3-5-17(10-15)28-2/h3-11,13H,12,22H2,1-2H3/t13-/m0/s1. The molecule has 28 heavy (non-hydrogen) atoms. The monoisotopic (exact) mass is 376 g/mol. The molecule has 142 valence electrons. The smallest absolute Gasteiger partial charge is 0.279 e. The van der Waals surface area contributed by atoms with E-state index in [0.717, 1.165) is 0 Å². The molecule has 2 aromatic carbocycles. The van der Waals surface area contributed by atoms with Crippen molar-refractivity contribution in [1.82, 2.24) is 9.78 Å². The molecular formula is C21H20N4O3. The van der Waals surface area contributed by atoms with Crippen molar-refractivity contribution in [3.63, 3.8) is 0 Å². The first-order chi connectivity index (χ1) is 13.5. The maximum absolute atomic E-state index is 12.9. The Hall–Kier alpha value is -3.61. The summed E-state index contributed by atoms with van der Waals surface area (Å²) in [7, 11) is 1.56. The average Bonchev–Trinajstić information content (AvgIpc) is 3.08. The molecule has 0 saturated heterocycles. The largest absolute Gasteiger partial charge is 0.497 e. The Balaban J connectivity index is 1.62. The van der Waals surface area contributed by atoms with Crippen LogP contribution in [-0.2, 0) is 6.54 Å². The van der Waals surface area contributed by atoms with E-state index in [1.807, 2.05) is 6.92 Å². The molecule has 0 bridgehead atoms. The number of hydrogen-bond acceptors (Lipinski definition) is 5. The van der Waals surface area contributed by atoms with Gasteiger partial charge in [0.2, 0.25) is 0 Å². The van der Waals surface area contributed by atoms with Gasteiger partial charge in [-0.25, -0.2) is 0 Å². The summed E-state index contributed by atoms with van der Waals surface area (Å²) in [6.45, 7) is 2.51. The second-order valence-electron chi connectivity index (χ2n) is 6.76. The zero-order chi connectivity index (χ0) is 19.8. The van der Waals surface area contributed by atoms with E-state index in [1.165, 1.54) is 6.20 Å². The Morgan fingerprint density at radius 3 is 2.64 bits per heavy atom. The molecule has 1 aliphatic heterocycles. The van der Waals surface area contributed by atoms with Crippen LogP contribution in [0, 0.1) is 0 Å². The zero-order valence-electron chi connectivity index (χ0n) is 15.6. The fourth-order valence-electron chi connectivity index (χ4n) is 3.49. The van der Waals surface area contributed by atoms with Crippen LogP contribution in [-0.4, -0.2) is 34.6 Å². The van der Waals surface area contributed by atoms with E-state index >= 15 is 0 Å². The minimum atomic E-state index is -0.194. The van der Waals surface area contributed by atoms with E-state index in [9.17, 15) is 9.59 Å². The van der Waals surface area contributed by atoms with Crippen LogP contribution in [0.5, 0.6) is 5.75 Å². The van der Waals surface area contributed by atoms with Crippen molar-refractivity contribution in [2.45, 2.75) is 19.5 Å². The molecular weight excluding hydrogens is 356 g/mol. The Kier molecular flexibility index (Phi) is 4.35. The first kappa shape index (κ1) is 17.8. The van der Waals surface area contributed by atoms with Gasteiger partial charge in [-0.15, -0.1) is 0 Å². The van der Waals surface area contributed by atoms with Gasteiger partial charge in [-0.1, -0.05) is 12.1 Å². The Bertz CT molecular complexity index is 1060. The van der Waals surface area contributed by atoms with E-state index in [2.05, 4.69) is 5.10 Å². The lowest BCUT2D eigenvalue weighted by Gasteiger charge is -2.34. The third-order valence-electron chi connectivity index (χ3n) is 4.91. The highest BCUT2D eigenvalue weighted by Crippen LogP contribution is 2.28. The van der Waals surface area contributed by atoms with Gasteiger partial charge in [0.1, 0.15) is 11.4 Å². The predicted octanol–water partition coefficient (Wildman–Crippen LogP) is 2.75. The van der Waals surface area contributed by atoms with Crippen LogP contribution in [0.3, 0.4) is 0 Å². The van der Waals surface area contributed by atoms with E-state index in [1.54, 1.807) is 65.2 Å². The lowest BCUT2D eigenvalue weighted by atomic mass is 10.0. The summed E-state index contributed by atoms with van der Waals surface area (Å²) in [5.74, 6) is 0.329.